The fourth-order valence-electron chi connectivity index (χ4n) is 3.42. The first-order valence-electron chi connectivity index (χ1n) is 9.65. The highest BCUT2D eigenvalue weighted by atomic mass is 19.1. The topological polar surface area (TPSA) is 99.9 Å². The summed E-state index contributed by atoms with van der Waals surface area (Å²) >= 11 is 0. The maximum absolute atomic E-state index is 13.4. The maximum atomic E-state index is 13.4. The second-order valence-corrected chi connectivity index (χ2v) is 7.32. The lowest BCUT2D eigenvalue weighted by atomic mass is 10.1. The van der Waals surface area contributed by atoms with Crippen LogP contribution < -0.4 is 5.32 Å². The Morgan fingerprint density at radius 1 is 1.47 bits per heavy atom. The van der Waals surface area contributed by atoms with Gasteiger partial charge in [0.1, 0.15) is 11.9 Å². The number of urea groups is 1. The molecule has 1 aromatic heterocycles. The SMILES string of the molecule is Cc1cc(NC(=O)N2CCc3nn(CC(CO)ON(C)C=O)c(C)c3C2)ccc1F. The van der Waals surface area contributed by atoms with E-state index in [2.05, 4.69) is 10.4 Å². The van der Waals surface area contributed by atoms with Gasteiger partial charge in [0.25, 0.3) is 0 Å². The van der Waals surface area contributed by atoms with Gasteiger partial charge in [-0.2, -0.15) is 5.10 Å². The Labute approximate surface area is 174 Å². The van der Waals surface area contributed by atoms with Gasteiger partial charge in [-0.05, 0) is 37.6 Å². The van der Waals surface area contributed by atoms with Crippen molar-refractivity contribution in [3.8, 4) is 0 Å². The molecule has 162 valence electrons. The molecule has 10 heteroatoms. The largest absolute Gasteiger partial charge is 0.393 e. The van der Waals surface area contributed by atoms with Crippen LogP contribution in [0.5, 0.6) is 0 Å². The van der Waals surface area contributed by atoms with E-state index in [1.165, 1.54) is 19.2 Å². The van der Waals surface area contributed by atoms with E-state index in [1.54, 1.807) is 22.6 Å². The molecule has 2 aromatic rings. The number of hydrogen-bond acceptors (Lipinski definition) is 5. The third kappa shape index (κ3) is 4.77. The first kappa shape index (κ1) is 21.7. The molecule has 0 spiro atoms. The van der Waals surface area contributed by atoms with Crippen LogP contribution in [0.4, 0.5) is 14.9 Å². The van der Waals surface area contributed by atoms with E-state index in [-0.39, 0.29) is 25.0 Å². The molecule has 1 atom stereocenters. The third-order valence-corrected chi connectivity index (χ3v) is 5.12. The van der Waals surface area contributed by atoms with Crippen LogP contribution in [0.1, 0.15) is 22.5 Å². The van der Waals surface area contributed by atoms with Crippen molar-refractivity contribution < 1.29 is 23.9 Å². The van der Waals surface area contributed by atoms with Crippen LogP contribution >= 0.6 is 0 Å². The van der Waals surface area contributed by atoms with Crippen molar-refractivity contribution in [3.63, 3.8) is 0 Å². The zero-order chi connectivity index (χ0) is 21.8. The van der Waals surface area contributed by atoms with Gasteiger partial charge in [-0.15, -0.1) is 0 Å². The van der Waals surface area contributed by atoms with E-state index in [0.717, 1.165) is 22.0 Å². The molecular weight excluding hydrogens is 393 g/mol. The first-order valence-corrected chi connectivity index (χ1v) is 9.65. The van der Waals surface area contributed by atoms with Gasteiger partial charge in [0.05, 0.1) is 25.4 Å². The number of aryl methyl sites for hydroxylation is 1. The van der Waals surface area contributed by atoms with Crippen molar-refractivity contribution in [2.45, 2.75) is 39.5 Å². The normalized spacial score (nSPS) is 14.2. The van der Waals surface area contributed by atoms with Crippen molar-refractivity contribution in [1.82, 2.24) is 19.7 Å². The summed E-state index contributed by atoms with van der Waals surface area (Å²) in [4.78, 5) is 30.4. The minimum absolute atomic E-state index is 0.261. The van der Waals surface area contributed by atoms with Gasteiger partial charge in [-0.3, -0.25) is 14.3 Å². The number of aliphatic hydroxyl groups excluding tert-OH is 1. The van der Waals surface area contributed by atoms with Crippen molar-refractivity contribution in [3.05, 3.63) is 46.5 Å². The monoisotopic (exact) mass is 419 g/mol. The number of hydroxylamine groups is 2. The lowest BCUT2D eigenvalue weighted by Crippen LogP contribution is -2.38. The lowest BCUT2D eigenvalue weighted by molar-refractivity contribution is -0.192. The number of anilines is 1. The van der Waals surface area contributed by atoms with Crippen molar-refractivity contribution >= 4 is 18.1 Å². The number of aliphatic hydroxyl groups is 1. The van der Waals surface area contributed by atoms with Gasteiger partial charge in [-0.1, -0.05) is 0 Å². The van der Waals surface area contributed by atoms with Crippen LogP contribution in [-0.2, 0) is 29.1 Å². The van der Waals surface area contributed by atoms with Gasteiger partial charge < -0.3 is 15.3 Å². The van der Waals surface area contributed by atoms with Crippen LogP contribution in [0.3, 0.4) is 0 Å². The number of rotatable bonds is 7. The standard InChI is InChI=1S/C20H26FN5O4/c1-13-8-15(4-5-18(13)21)22-20(29)25-7-6-19-17(10-25)14(2)26(23-19)9-16(11-27)30-24(3)12-28/h4-5,8,12,16,27H,6-7,9-11H2,1-3H3,(H,22,29). The van der Waals surface area contributed by atoms with E-state index in [4.69, 9.17) is 4.84 Å². The quantitative estimate of drug-likeness (QED) is 0.525. The Hall–Kier alpha value is -2.98. The van der Waals surface area contributed by atoms with Crippen LogP contribution in [0.15, 0.2) is 18.2 Å². The Morgan fingerprint density at radius 2 is 2.23 bits per heavy atom. The number of carbonyl (C=O) groups is 2. The number of carbonyl (C=O) groups excluding carboxylic acids is 2. The summed E-state index contributed by atoms with van der Waals surface area (Å²) in [6, 6.07) is 4.19. The van der Waals surface area contributed by atoms with Crippen LogP contribution in [0.25, 0.3) is 0 Å². The number of nitrogens with one attached hydrogen (secondary N) is 1. The molecule has 0 bridgehead atoms. The smallest absolute Gasteiger partial charge is 0.322 e. The molecular formula is C20H26FN5O4. The average Bonchev–Trinajstić information content (AvgIpc) is 3.04. The second kappa shape index (κ2) is 9.23. The van der Waals surface area contributed by atoms with E-state index >= 15 is 0 Å². The molecule has 0 saturated carbocycles. The molecule has 9 nitrogen and oxygen atoms in total. The number of aromatic nitrogens is 2. The molecule has 1 aromatic carbocycles. The molecule has 0 radical (unpaired) electrons. The van der Waals surface area contributed by atoms with Crippen molar-refractivity contribution in [1.29, 1.82) is 0 Å². The minimum atomic E-state index is -0.624. The molecule has 30 heavy (non-hydrogen) atoms. The molecule has 2 heterocycles. The molecule has 1 aliphatic rings. The van der Waals surface area contributed by atoms with E-state index < -0.39 is 6.10 Å². The zero-order valence-electron chi connectivity index (χ0n) is 17.3. The predicted molar refractivity (Wildman–Crippen MR) is 107 cm³/mol. The number of benzene rings is 1. The number of halogens is 1. The van der Waals surface area contributed by atoms with Gasteiger partial charge in [0.2, 0.25) is 6.41 Å². The van der Waals surface area contributed by atoms with Crippen molar-refractivity contribution in [2.24, 2.45) is 0 Å². The Bertz CT molecular complexity index is 932. The third-order valence-electron chi connectivity index (χ3n) is 5.12. The fraction of sp³-hybridized carbons (Fsp3) is 0.450. The van der Waals surface area contributed by atoms with Crippen molar-refractivity contribution in [2.75, 3.05) is 25.5 Å². The molecule has 0 fully saturated rings. The average molecular weight is 419 g/mol. The molecule has 1 unspecified atom stereocenters. The highest BCUT2D eigenvalue weighted by Gasteiger charge is 2.27. The van der Waals surface area contributed by atoms with Gasteiger partial charge in [-0.25, -0.2) is 14.2 Å². The summed E-state index contributed by atoms with van der Waals surface area (Å²) in [6.45, 7) is 4.44. The molecule has 0 saturated heterocycles. The van der Waals surface area contributed by atoms with Gasteiger partial charge in [0, 0.05) is 37.0 Å². The summed E-state index contributed by atoms with van der Waals surface area (Å²) in [5, 5.41) is 17.9. The van der Waals surface area contributed by atoms with Crippen LogP contribution in [0.2, 0.25) is 0 Å². The van der Waals surface area contributed by atoms with Gasteiger partial charge >= 0.3 is 6.03 Å². The highest BCUT2D eigenvalue weighted by Crippen LogP contribution is 2.23. The number of fused-ring (bicyclic) bond motifs is 1. The predicted octanol–water partition coefficient (Wildman–Crippen LogP) is 1.61. The Kier molecular flexibility index (Phi) is 6.68. The minimum Gasteiger partial charge on any atom is -0.393 e. The fourth-order valence-corrected chi connectivity index (χ4v) is 3.42. The van der Waals surface area contributed by atoms with E-state index in [0.29, 0.717) is 37.2 Å². The van der Waals surface area contributed by atoms with Gasteiger partial charge in [0.15, 0.2) is 0 Å². The number of hydrogen-bond donors (Lipinski definition) is 2. The summed E-state index contributed by atoms with van der Waals surface area (Å²) in [6.07, 6.45) is 0.488. The van der Waals surface area contributed by atoms with E-state index in [9.17, 15) is 19.1 Å². The Morgan fingerprint density at radius 3 is 2.90 bits per heavy atom. The molecule has 3 amide bonds. The van der Waals surface area contributed by atoms with Crippen LogP contribution in [-0.4, -0.2) is 63.6 Å². The summed E-state index contributed by atoms with van der Waals surface area (Å²) in [5.74, 6) is -0.317. The lowest BCUT2D eigenvalue weighted by Gasteiger charge is -2.27. The second-order valence-electron chi connectivity index (χ2n) is 7.32. The Balaban J connectivity index is 1.68. The molecule has 1 aliphatic heterocycles. The maximum Gasteiger partial charge on any atom is 0.322 e. The first-order chi connectivity index (χ1) is 14.3. The zero-order valence-corrected chi connectivity index (χ0v) is 17.3. The molecule has 2 N–H and O–H groups in total. The van der Waals surface area contributed by atoms with E-state index in [1.807, 2.05) is 6.92 Å². The summed E-state index contributed by atoms with van der Waals surface area (Å²) < 4.78 is 15.2. The molecule has 3 rings (SSSR count). The summed E-state index contributed by atoms with van der Waals surface area (Å²) in [5.41, 5.74) is 3.73. The number of amides is 3. The van der Waals surface area contributed by atoms with Crippen LogP contribution in [0, 0.1) is 19.7 Å². The summed E-state index contributed by atoms with van der Waals surface area (Å²) in [7, 11) is 1.45. The number of nitrogens with zero attached hydrogens (tertiary/aromatic N) is 4. The highest BCUT2D eigenvalue weighted by molar-refractivity contribution is 5.89. The molecule has 0 aliphatic carbocycles.